The molecule has 0 heterocycles. The predicted octanol–water partition coefficient (Wildman–Crippen LogP) is 2.17. The minimum absolute atomic E-state index is 0.120. The van der Waals surface area contributed by atoms with Gasteiger partial charge in [-0.25, -0.2) is 4.79 Å². The largest absolute Gasteiger partial charge is 0.496 e. The molecule has 0 saturated carbocycles. The highest BCUT2D eigenvalue weighted by Gasteiger charge is 2.23. The molecule has 1 N–H and O–H groups in total. The number of methoxy groups -OCH3 is 1. The van der Waals surface area contributed by atoms with E-state index >= 15 is 0 Å². The Kier molecular flexibility index (Phi) is 3.64. The Morgan fingerprint density at radius 2 is 2.35 bits per heavy atom. The topological polar surface area (TPSA) is 55.8 Å². The standard InChI is InChI=1S/C13H16O4/c1-16-11-6-2-5-10-9(11)4-3-7-12(10)17-8-13(14)15/h2,5-6,12H,3-4,7-8H2,1H3,(H,14,15). The number of hydrogen-bond acceptors (Lipinski definition) is 3. The fourth-order valence-electron chi connectivity index (χ4n) is 2.31. The van der Waals surface area contributed by atoms with Gasteiger partial charge in [-0.15, -0.1) is 0 Å². The van der Waals surface area contributed by atoms with Crippen LogP contribution in [0, 0.1) is 0 Å². The molecule has 0 saturated heterocycles. The first-order chi connectivity index (χ1) is 8.22. The summed E-state index contributed by atoms with van der Waals surface area (Å²) in [5.41, 5.74) is 2.22. The molecule has 4 heteroatoms. The summed E-state index contributed by atoms with van der Waals surface area (Å²) in [6.07, 6.45) is 2.71. The van der Waals surface area contributed by atoms with Crippen molar-refractivity contribution in [3.63, 3.8) is 0 Å². The van der Waals surface area contributed by atoms with Crippen molar-refractivity contribution in [2.24, 2.45) is 0 Å². The van der Waals surface area contributed by atoms with E-state index in [4.69, 9.17) is 14.6 Å². The number of benzene rings is 1. The van der Waals surface area contributed by atoms with Gasteiger partial charge in [0.25, 0.3) is 0 Å². The fraction of sp³-hybridized carbons (Fsp3) is 0.462. The first-order valence-electron chi connectivity index (χ1n) is 5.71. The molecular formula is C13H16O4. The van der Waals surface area contributed by atoms with E-state index < -0.39 is 5.97 Å². The Balaban J connectivity index is 2.22. The van der Waals surface area contributed by atoms with E-state index in [0.717, 1.165) is 36.1 Å². The number of fused-ring (bicyclic) bond motifs is 1. The molecule has 1 unspecified atom stereocenters. The van der Waals surface area contributed by atoms with Crippen LogP contribution in [0.15, 0.2) is 18.2 Å². The highest BCUT2D eigenvalue weighted by molar-refractivity contribution is 5.68. The van der Waals surface area contributed by atoms with Gasteiger partial charge < -0.3 is 14.6 Å². The lowest BCUT2D eigenvalue weighted by molar-refractivity contribution is -0.144. The third kappa shape index (κ3) is 2.58. The van der Waals surface area contributed by atoms with E-state index in [2.05, 4.69) is 0 Å². The van der Waals surface area contributed by atoms with E-state index in [1.54, 1.807) is 7.11 Å². The number of hydrogen-bond donors (Lipinski definition) is 1. The summed E-state index contributed by atoms with van der Waals surface area (Å²) in [7, 11) is 1.65. The molecule has 0 amide bonds. The highest BCUT2D eigenvalue weighted by Crippen LogP contribution is 2.36. The summed E-state index contributed by atoms with van der Waals surface area (Å²) in [6, 6.07) is 5.84. The van der Waals surface area contributed by atoms with Crippen LogP contribution < -0.4 is 4.74 Å². The van der Waals surface area contributed by atoms with Crippen molar-refractivity contribution in [1.29, 1.82) is 0 Å². The SMILES string of the molecule is COc1cccc2c1CCCC2OCC(=O)O. The van der Waals surface area contributed by atoms with E-state index in [1.807, 2.05) is 18.2 Å². The maximum absolute atomic E-state index is 10.5. The number of carboxylic acid groups (broad SMARTS) is 1. The molecule has 1 aromatic rings. The number of aliphatic carboxylic acids is 1. The molecule has 0 radical (unpaired) electrons. The van der Waals surface area contributed by atoms with Gasteiger partial charge in [0.05, 0.1) is 13.2 Å². The Bertz CT molecular complexity index is 414. The molecule has 1 aliphatic rings. The maximum Gasteiger partial charge on any atom is 0.329 e. The van der Waals surface area contributed by atoms with E-state index in [0.29, 0.717) is 0 Å². The molecule has 0 spiro atoms. The van der Waals surface area contributed by atoms with Crippen molar-refractivity contribution >= 4 is 5.97 Å². The summed E-state index contributed by atoms with van der Waals surface area (Å²) in [5, 5.41) is 8.64. The second-order valence-corrected chi connectivity index (χ2v) is 4.11. The average Bonchev–Trinajstić information content (AvgIpc) is 2.35. The Hall–Kier alpha value is -1.55. The van der Waals surface area contributed by atoms with Crippen LogP contribution in [0.2, 0.25) is 0 Å². The molecule has 2 rings (SSSR count). The van der Waals surface area contributed by atoms with Crippen molar-refractivity contribution in [2.45, 2.75) is 25.4 Å². The van der Waals surface area contributed by atoms with Gasteiger partial charge in [0, 0.05) is 0 Å². The smallest absolute Gasteiger partial charge is 0.329 e. The zero-order valence-corrected chi connectivity index (χ0v) is 9.81. The van der Waals surface area contributed by atoms with Crippen molar-refractivity contribution in [3.05, 3.63) is 29.3 Å². The second kappa shape index (κ2) is 5.19. The molecule has 0 aromatic heterocycles. The quantitative estimate of drug-likeness (QED) is 0.870. The van der Waals surface area contributed by atoms with Gasteiger partial charge in [-0.3, -0.25) is 0 Å². The van der Waals surface area contributed by atoms with Gasteiger partial charge in [-0.05, 0) is 36.5 Å². The number of carboxylic acids is 1. The maximum atomic E-state index is 10.5. The number of ether oxygens (including phenoxy) is 2. The predicted molar refractivity (Wildman–Crippen MR) is 62.3 cm³/mol. The molecule has 0 aliphatic heterocycles. The van der Waals surface area contributed by atoms with Crippen LogP contribution in [0.1, 0.15) is 30.1 Å². The van der Waals surface area contributed by atoms with Crippen LogP contribution in [0.3, 0.4) is 0 Å². The van der Waals surface area contributed by atoms with Gasteiger partial charge in [-0.2, -0.15) is 0 Å². The van der Waals surface area contributed by atoms with Crippen LogP contribution >= 0.6 is 0 Å². The van der Waals surface area contributed by atoms with Crippen LogP contribution in [-0.2, 0) is 16.0 Å². The molecule has 4 nitrogen and oxygen atoms in total. The van der Waals surface area contributed by atoms with Crippen LogP contribution in [0.5, 0.6) is 5.75 Å². The normalized spacial score (nSPS) is 18.5. The lowest BCUT2D eigenvalue weighted by atomic mass is 9.88. The molecule has 0 fully saturated rings. The Morgan fingerprint density at radius 1 is 1.53 bits per heavy atom. The van der Waals surface area contributed by atoms with Crippen molar-refractivity contribution < 1.29 is 19.4 Å². The van der Waals surface area contributed by atoms with E-state index in [1.165, 1.54) is 0 Å². The van der Waals surface area contributed by atoms with Crippen molar-refractivity contribution in [2.75, 3.05) is 13.7 Å². The number of carbonyl (C=O) groups is 1. The van der Waals surface area contributed by atoms with E-state index in [-0.39, 0.29) is 12.7 Å². The first kappa shape index (κ1) is 11.9. The van der Waals surface area contributed by atoms with E-state index in [9.17, 15) is 4.79 Å². The molecule has 1 atom stereocenters. The van der Waals surface area contributed by atoms with Gasteiger partial charge in [0.15, 0.2) is 0 Å². The van der Waals surface area contributed by atoms with Gasteiger partial charge in [0.1, 0.15) is 12.4 Å². The third-order valence-corrected chi connectivity index (χ3v) is 3.04. The molecule has 0 bridgehead atoms. The van der Waals surface area contributed by atoms with Gasteiger partial charge >= 0.3 is 5.97 Å². The summed E-state index contributed by atoms with van der Waals surface area (Å²) >= 11 is 0. The minimum atomic E-state index is -0.931. The molecular weight excluding hydrogens is 220 g/mol. The van der Waals surface area contributed by atoms with Gasteiger partial charge in [-0.1, -0.05) is 12.1 Å². The Morgan fingerprint density at radius 3 is 3.06 bits per heavy atom. The van der Waals surface area contributed by atoms with Crippen LogP contribution in [0.4, 0.5) is 0 Å². The number of rotatable bonds is 4. The lowest BCUT2D eigenvalue weighted by Crippen LogP contribution is -2.17. The average molecular weight is 236 g/mol. The van der Waals surface area contributed by atoms with Crippen LogP contribution in [0.25, 0.3) is 0 Å². The summed E-state index contributed by atoms with van der Waals surface area (Å²) in [4.78, 5) is 10.5. The molecule has 1 aromatic carbocycles. The zero-order chi connectivity index (χ0) is 12.3. The van der Waals surface area contributed by atoms with Gasteiger partial charge in [0.2, 0.25) is 0 Å². The molecule has 92 valence electrons. The van der Waals surface area contributed by atoms with Crippen LogP contribution in [-0.4, -0.2) is 24.8 Å². The molecule has 17 heavy (non-hydrogen) atoms. The van der Waals surface area contributed by atoms with Crippen molar-refractivity contribution in [1.82, 2.24) is 0 Å². The second-order valence-electron chi connectivity index (χ2n) is 4.11. The monoisotopic (exact) mass is 236 g/mol. The summed E-state index contributed by atoms with van der Waals surface area (Å²) in [6.45, 7) is -0.249. The minimum Gasteiger partial charge on any atom is -0.496 e. The lowest BCUT2D eigenvalue weighted by Gasteiger charge is -2.26. The third-order valence-electron chi connectivity index (χ3n) is 3.04. The molecule has 1 aliphatic carbocycles. The zero-order valence-electron chi connectivity index (χ0n) is 9.81. The summed E-state index contributed by atoms with van der Waals surface area (Å²) < 4.78 is 10.7. The first-order valence-corrected chi connectivity index (χ1v) is 5.71. The van der Waals surface area contributed by atoms with Crippen molar-refractivity contribution in [3.8, 4) is 5.75 Å². The fourth-order valence-corrected chi connectivity index (χ4v) is 2.31. The summed E-state index contributed by atoms with van der Waals surface area (Å²) in [5.74, 6) is -0.0638. The Labute approximate surface area is 100 Å². The highest BCUT2D eigenvalue weighted by atomic mass is 16.5.